The molecule has 1 aliphatic rings. The van der Waals surface area contributed by atoms with E-state index in [1.54, 1.807) is 6.08 Å². The van der Waals surface area contributed by atoms with Gasteiger partial charge in [-0.3, -0.25) is 9.59 Å². The SMILES string of the molecule is C=CCCNC(=O)C1C(C(=O)O)C1(C)C. The molecule has 2 atom stereocenters. The van der Waals surface area contributed by atoms with E-state index in [4.69, 9.17) is 5.11 Å². The number of carboxylic acids is 1. The highest BCUT2D eigenvalue weighted by Gasteiger charge is 2.65. The number of amides is 1. The Balaban J connectivity index is 2.49. The van der Waals surface area contributed by atoms with Crippen molar-refractivity contribution in [3.8, 4) is 0 Å². The lowest BCUT2D eigenvalue weighted by Gasteiger charge is -2.03. The highest BCUT2D eigenvalue weighted by Crippen LogP contribution is 2.58. The average molecular weight is 211 g/mol. The Hall–Kier alpha value is -1.32. The molecule has 0 saturated heterocycles. The molecule has 0 bridgehead atoms. The normalized spacial score (nSPS) is 26.8. The maximum atomic E-state index is 11.6. The van der Waals surface area contributed by atoms with Crippen molar-refractivity contribution in [1.82, 2.24) is 5.32 Å². The third kappa shape index (κ3) is 2.19. The Labute approximate surface area is 89.4 Å². The lowest BCUT2D eigenvalue weighted by Crippen LogP contribution is -2.27. The number of rotatable bonds is 5. The molecule has 4 heteroatoms. The van der Waals surface area contributed by atoms with Crippen LogP contribution in [0.5, 0.6) is 0 Å². The van der Waals surface area contributed by atoms with E-state index in [9.17, 15) is 9.59 Å². The molecule has 1 rings (SSSR count). The van der Waals surface area contributed by atoms with Crippen LogP contribution in [0.1, 0.15) is 20.3 Å². The van der Waals surface area contributed by atoms with Crippen LogP contribution >= 0.6 is 0 Å². The van der Waals surface area contributed by atoms with E-state index < -0.39 is 17.3 Å². The number of hydrogen-bond donors (Lipinski definition) is 2. The van der Waals surface area contributed by atoms with E-state index in [0.717, 1.165) is 0 Å². The molecular formula is C11H17NO3. The predicted octanol–water partition coefficient (Wildman–Crippen LogP) is 1.04. The van der Waals surface area contributed by atoms with Crippen molar-refractivity contribution in [2.45, 2.75) is 20.3 Å². The molecule has 0 aromatic heterocycles. The summed E-state index contributed by atoms with van der Waals surface area (Å²) in [4.78, 5) is 22.4. The zero-order valence-electron chi connectivity index (χ0n) is 9.12. The van der Waals surface area contributed by atoms with Crippen LogP contribution in [0.15, 0.2) is 12.7 Å². The van der Waals surface area contributed by atoms with E-state index in [0.29, 0.717) is 13.0 Å². The Morgan fingerprint density at radius 2 is 2.07 bits per heavy atom. The van der Waals surface area contributed by atoms with E-state index in [1.807, 2.05) is 13.8 Å². The second kappa shape index (κ2) is 4.04. The first-order valence-corrected chi connectivity index (χ1v) is 5.04. The number of carbonyl (C=O) groups is 2. The van der Waals surface area contributed by atoms with Crippen molar-refractivity contribution >= 4 is 11.9 Å². The monoisotopic (exact) mass is 211 g/mol. The summed E-state index contributed by atoms with van der Waals surface area (Å²) < 4.78 is 0. The first-order chi connectivity index (χ1) is 6.92. The second-order valence-electron chi connectivity index (χ2n) is 4.48. The van der Waals surface area contributed by atoms with Gasteiger partial charge in [-0.2, -0.15) is 0 Å². The maximum absolute atomic E-state index is 11.6. The van der Waals surface area contributed by atoms with Gasteiger partial charge < -0.3 is 10.4 Å². The fourth-order valence-corrected chi connectivity index (χ4v) is 2.00. The minimum Gasteiger partial charge on any atom is -0.481 e. The highest BCUT2D eigenvalue weighted by molar-refractivity contribution is 5.91. The lowest BCUT2D eigenvalue weighted by molar-refractivity contribution is -0.140. The van der Waals surface area contributed by atoms with Crippen LogP contribution in [0.4, 0.5) is 0 Å². The molecule has 2 unspecified atom stereocenters. The van der Waals surface area contributed by atoms with Gasteiger partial charge >= 0.3 is 5.97 Å². The summed E-state index contributed by atoms with van der Waals surface area (Å²) in [7, 11) is 0. The summed E-state index contributed by atoms with van der Waals surface area (Å²) in [6, 6.07) is 0. The Kier molecular flexibility index (Phi) is 3.17. The summed E-state index contributed by atoms with van der Waals surface area (Å²) in [6.07, 6.45) is 2.42. The van der Waals surface area contributed by atoms with Gasteiger partial charge in [-0.1, -0.05) is 19.9 Å². The third-order valence-electron chi connectivity index (χ3n) is 3.02. The minimum absolute atomic E-state index is 0.158. The molecule has 1 saturated carbocycles. The lowest BCUT2D eigenvalue weighted by atomic mass is 10.1. The van der Waals surface area contributed by atoms with Gasteiger partial charge in [-0.05, 0) is 11.8 Å². The number of aliphatic carboxylic acids is 1. The summed E-state index contributed by atoms with van der Waals surface area (Å²) >= 11 is 0. The van der Waals surface area contributed by atoms with Gasteiger partial charge in [0.15, 0.2) is 0 Å². The van der Waals surface area contributed by atoms with Crippen LogP contribution in [0, 0.1) is 17.3 Å². The van der Waals surface area contributed by atoms with Crippen LogP contribution in [0.3, 0.4) is 0 Å². The standard InChI is InChI=1S/C11H17NO3/c1-4-5-6-12-9(13)7-8(10(14)15)11(7,2)3/h4,7-8H,1,5-6H2,2-3H3,(H,12,13)(H,14,15). The maximum Gasteiger partial charge on any atom is 0.307 e. The van der Waals surface area contributed by atoms with Crippen molar-refractivity contribution in [3.05, 3.63) is 12.7 Å². The molecule has 2 N–H and O–H groups in total. The number of carboxylic acid groups (broad SMARTS) is 1. The average Bonchev–Trinajstić information content (AvgIpc) is 2.69. The Morgan fingerprint density at radius 1 is 1.47 bits per heavy atom. The number of hydrogen-bond acceptors (Lipinski definition) is 2. The van der Waals surface area contributed by atoms with Crippen molar-refractivity contribution in [3.63, 3.8) is 0 Å². The van der Waals surface area contributed by atoms with Crippen LogP contribution < -0.4 is 5.32 Å². The molecule has 0 spiro atoms. The molecule has 84 valence electrons. The van der Waals surface area contributed by atoms with Crippen LogP contribution in [-0.4, -0.2) is 23.5 Å². The molecule has 0 aromatic rings. The smallest absolute Gasteiger partial charge is 0.307 e. The van der Waals surface area contributed by atoms with Crippen LogP contribution in [0.25, 0.3) is 0 Å². The van der Waals surface area contributed by atoms with Crippen LogP contribution in [0.2, 0.25) is 0 Å². The highest BCUT2D eigenvalue weighted by atomic mass is 16.4. The molecule has 0 aliphatic heterocycles. The molecule has 1 amide bonds. The van der Waals surface area contributed by atoms with E-state index in [1.165, 1.54) is 0 Å². The summed E-state index contributed by atoms with van der Waals surface area (Å²) in [6.45, 7) is 7.69. The summed E-state index contributed by atoms with van der Waals surface area (Å²) in [5.41, 5.74) is -0.413. The minimum atomic E-state index is -0.885. The van der Waals surface area contributed by atoms with Gasteiger partial charge in [0.05, 0.1) is 11.8 Å². The predicted molar refractivity (Wildman–Crippen MR) is 56.2 cm³/mol. The first kappa shape index (κ1) is 11.8. The summed E-state index contributed by atoms with van der Waals surface area (Å²) in [5.74, 6) is -1.97. The van der Waals surface area contributed by atoms with Gasteiger partial charge in [0.1, 0.15) is 0 Å². The second-order valence-corrected chi connectivity index (χ2v) is 4.48. The van der Waals surface area contributed by atoms with E-state index >= 15 is 0 Å². The fraction of sp³-hybridized carbons (Fsp3) is 0.636. The van der Waals surface area contributed by atoms with Gasteiger partial charge in [-0.15, -0.1) is 6.58 Å². The van der Waals surface area contributed by atoms with E-state index in [2.05, 4.69) is 11.9 Å². The largest absolute Gasteiger partial charge is 0.481 e. The number of carbonyl (C=O) groups excluding carboxylic acids is 1. The Morgan fingerprint density at radius 3 is 2.47 bits per heavy atom. The van der Waals surface area contributed by atoms with Gasteiger partial charge in [0.25, 0.3) is 0 Å². The zero-order chi connectivity index (χ0) is 11.6. The zero-order valence-corrected chi connectivity index (χ0v) is 9.12. The Bertz CT molecular complexity index is 296. The third-order valence-corrected chi connectivity index (χ3v) is 3.02. The van der Waals surface area contributed by atoms with Crippen molar-refractivity contribution < 1.29 is 14.7 Å². The van der Waals surface area contributed by atoms with Crippen molar-refractivity contribution in [1.29, 1.82) is 0 Å². The van der Waals surface area contributed by atoms with Crippen molar-refractivity contribution in [2.75, 3.05) is 6.54 Å². The molecule has 1 fully saturated rings. The topological polar surface area (TPSA) is 66.4 Å². The van der Waals surface area contributed by atoms with Gasteiger partial charge in [0, 0.05) is 6.54 Å². The number of nitrogens with one attached hydrogen (secondary N) is 1. The van der Waals surface area contributed by atoms with Gasteiger partial charge in [0.2, 0.25) is 5.91 Å². The molecule has 4 nitrogen and oxygen atoms in total. The van der Waals surface area contributed by atoms with Crippen LogP contribution in [-0.2, 0) is 9.59 Å². The van der Waals surface area contributed by atoms with Gasteiger partial charge in [-0.25, -0.2) is 0 Å². The fourth-order valence-electron chi connectivity index (χ4n) is 2.00. The first-order valence-electron chi connectivity index (χ1n) is 5.04. The van der Waals surface area contributed by atoms with Crippen molar-refractivity contribution in [2.24, 2.45) is 17.3 Å². The molecular weight excluding hydrogens is 194 g/mol. The molecule has 0 radical (unpaired) electrons. The molecule has 0 heterocycles. The molecule has 0 aromatic carbocycles. The molecule has 1 aliphatic carbocycles. The quantitative estimate of drug-likeness (QED) is 0.527. The molecule has 15 heavy (non-hydrogen) atoms. The van der Waals surface area contributed by atoms with E-state index in [-0.39, 0.29) is 11.8 Å². The summed E-state index contributed by atoms with van der Waals surface area (Å²) in [5, 5.41) is 11.6.